The summed E-state index contributed by atoms with van der Waals surface area (Å²) in [6.07, 6.45) is 1.73. The highest BCUT2D eigenvalue weighted by Gasteiger charge is 2.19. The number of carbonyl (C=O) groups excluding carboxylic acids is 1. The molecule has 0 aliphatic heterocycles. The van der Waals surface area contributed by atoms with Crippen LogP contribution in [0, 0.1) is 0 Å². The van der Waals surface area contributed by atoms with Crippen LogP contribution in [0.4, 0.5) is 0 Å². The Bertz CT molecular complexity index is 1040. The molecule has 0 spiro atoms. The Balaban J connectivity index is 1.51. The molecule has 0 bridgehead atoms. The fourth-order valence-electron chi connectivity index (χ4n) is 3.20. The van der Waals surface area contributed by atoms with Crippen LogP contribution in [0.1, 0.15) is 33.2 Å². The van der Waals surface area contributed by atoms with Gasteiger partial charge >= 0.3 is 0 Å². The van der Waals surface area contributed by atoms with Crippen LogP contribution in [0.5, 0.6) is 5.75 Å². The van der Waals surface area contributed by atoms with E-state index in [2.05, 4.69) is 10.3 Å². The van der Waals surface area contributed by atoms with E-state index in [1.165, 1.54) is 0 Å². The van der Waals surface area contributed by atoms with Gasteiger partial charge in [-0.05, 0) is 41.5 Å². The second kappa shape index (κ2) is 9.52. The summed E-state index contributed by atoms with van der Waals surface area (Å²) in [5.41, 5.74) is 3.37. The van der Waals surface area contributed by atoms with Crippen LogP contribution >= 0.6 is 0 Å². The first-order valence-corrected chi connectivity index (χ1v) is 9.83. The fraction of sp³-hybridized carbons (Fsp3) is 0.0769. The zero-order chi connectivity index (χ0) is 20.6. The Labute approximate surface area is 176 Å². The Morgan fingerprint density at radius 3 is 2.30 bits per heavy atom. The van der Waals surface area contributed by atoms with Crippen LogP contribution in [0.3, 0.4) is 0 Å². The van der Waals surface area contributed by atoms with Crippen molar-refractivity contribution < 1.29 is 9.53 Å². The first-order valence-electron chi connectivity index (χ1n) is 9.83. The Morgan fingerprint density at radius 1 is 0.833 bits per heavy atom. The molecule has 0 aliphatic carbocycles. The second-order valence-corrected chi connectivity index (χ2v) is 6.87. The minimum Gasteiger partial charge on any atom is -0.489 e. The predicted octanol–water partition coefficient (Wildman–Crippen LogP) is 5.18. The van der Waals surface area contributed by atoms with E-state index in [0.29, 0.717) is 17.9 Å². The van der Waals surface area contributed by atoms with Gasteiger partial charge in [0, 0.05) is 11.8 Å². The van der Waals surface area contributed by atoms with Crippen LogP contribution in [-0.2, 0) is 6.61 Å². The predicted molar refractivity (Wildman–Crippen MR) is 117 cm³/mol. The highest BCUT2D eigenvalue weighted by atomic mass is 16.5. The lowest BCUT2D eigenvalue weighted by atomic mass is 10.0. The highest BCUT2D eigenvalue weighted by Crippen LogP contribution is 2.22. The summed E-state index contributed by atoms with van der Waals surface area (Å²) in [4.78, 5) is 17.5. The standard InChI is InChI=1S/C26H22N2O2/c29-26(22-14-9-15-23(18-22)30-19-20-10-3-1-4-11-20)28-25(21-12-5-2-6-13-21)24-16-7-8-17-27-24/h1-18,25H,19H2,(H,28,29). The molecule has 1 heterocycles. The molecular weight excluding hydrogens is 372 g/mol. The lowest BCUT2D eigenvalue weighted by Crippen LogP contribution is -2.29. The van der Waals surface area contributed by atoms with Crippen molar-refractivity contribution in [2.45, 2.75) is 12.6 Å². The average Bonchev–Trinajstić information content (AvgIpc) is 2.83. The molecular formula is C26H22N2O2. The van der Waals surface area contributed by atoms with E-state index in [0.717, 1.165) is 16.8 Å². The quantitative estimate of drug-likeness (QED) is 0.470. The number of hydrogen-bond donors (Lipinski definition) is 1. The van der Waals surface area contributed by atoms with E-state index >= 15 is 0 Å². The molecule has 4 nitrogen and oxygen atoms in total. The minimum atomic E-state index is -0.339. The lowest BCUT2D eigenvalue weighted by molar-refractivity contribution is 0.0942. The zero-order valence-electron chi connectivity index (χ0n) is 16.4. The van der Waals surface area contributed by atoms with Gasteiger partial charge in [-0.25, -0.2) is 0 Å². The number of nitrogens with zero attached hydrogens (tertiary/aromatic N) is 1. The summed E-state index contributed by atoms with van der Waals surface area (Å²) in [5.74, 6) is 0.472. The van der Waals surface area contributed by atoms with Crippen molar-refractivity contribution in [1.82, 2.24) is 10.3 Å². The second-order valence-electron chi connectivity index (χ2n) is 6.87. The maximum atomic E-state index is 13.0. The third-order valence-corrected chi connectivity index (χ3v) is 4.74. The SMILES string of the molecule is O=C(NC(c1ccccc1)c1ccccn1)c1cccc(OCc2ccccc2)c1. The number of ether oxygens (including phenoxy) is 1. The molecule has 1 atom stereocenters. The summed E-state index contributed by atoms with van der Waals surface area (Å²) >= 11 is 0. The van der Waals surface area contributed by atoms with E-state index in [4.69, 9.17) is 4.74 Å². The molecule has 30 heavy (non-hydrogen) atoms. The summed E-state index contributed by atoms with van der Waals surface area (Å²) in [6.45, 7) is 0.451. The first kappa shape index (κ1) is 19.4. The van der Waals surface area contributed by atoms with E-state index in [9.17, 15) is 4.79 Å². The molecule has 0 aliphatic rings. The van der Waals surface area contributed by atoms with Crippen molar-refractivity contribution in [2.24, 2.45) is 0 Å². The van der Waals surface area contributed by atoms with Gasteiger partial charge < -0.3 is 10.1 Å². The summed E-state index contributed by atoms with van der Waals surface area (Å²) < 4.78 is 5.86. The van der Waals surface area contributed by atoms with E-state index in [-0.39, 0.29) is 11.9 Å². The Hall–Kier alpha value is -3.92. The van der Waals surface area contributed by atoms with E-state index < -0.39 is 0 Å². The third kappa shape index (κ3) is 4.92. The lowest BCUT2D eigenvalue weighted by Gasteiger charge is -2.19. The van der Waals surface area contributed by atoms with Crippen molar-refractivity contribution in [1.29, 1.82) is 0 Å². The maximum absolute atomic E-state index is 13.0. The molecule has 3 aromatic carbocycles. The van der Waals surface area contributed by atoms with Crippen molar-refractivity contribution in [2.75, 3.05) is 0 Å². The summed E-state index contributed by atoms with van der Waals surface area (Å²) in [5, 5.41) is 3.11. The summed E-state index contributed by atoms with van der Waals surface area (Å²) in [7, 11) is 0. The van der Waals surface area contributed by atoms with Gasteiger partial charge in [0.25, 0.3) is 5.91 Å². The van der Waals surface area contributed by atoms with Gasteiger partial charge in [-0.2, -0.15) is 0 Å². The number of rotatable bonds is 7. The van der Waals surface area contributed by atoms with Gasteiger partial charge in [0.1, 0.15) is 12.4 Å². The van der Waals surface area contributed by atoms with E-state index in [1.54, 1.807) is 18.3 Å². The van der Waals surface area contributed by atoms with Gasteiger partial charge in [0.2, 0.25) is 0 Å². The normalized spacial score (nSPS) is 11.5. The first-order chi connectivity index (χ1) is 14.8. The van der Waals surface area contributed by atoms with Crippen LogP contribution < -0.4 is 10.1 Å². The third-order valence-electron chi connectivity index (χ3n) is 4.74. The smallest absolute Gasteiger partial charge is 0.252 e. The number of nitrogens with one attached hydrogen (secondary N) is 1. The average molecular weight is 394 g/mol. The fourth-order valence-corrected chi connectivity index (χ4v) is 3.20. The molecule has 4 rings (SSSR count). The molecule has 1 amide bonds. The highest BCUT2D eigenvalue weighted by molar-refractivity contribution is 5.95. The van der Waals surface area contributed by atoms with Gasteiger partial charge in [0.05, 0.1) is 11.7 Å². The van der Waals surface area contributed by atoms with Crippen LogP contribution in [-0.4, -0.2) is 10.9 Å². The van der Waals surface area contributed by atoms with Crippen LogP contribution in [0.15, 0.2) is 109 Å². The topological polar surface area (TPSA) is 51.2 Å². The van der Waals surface area contributed by atoms with Crippen molar-refractivity contribution >= 4 is 5.91 Å². The number of benzene rings is 3. The van der Waals surface area contributed by atoms with Gasteiger partial charge in [-0.1, -0.05) is 72.8 Å². The maximum Gasteiger partial charge on any atom is 0.252 e. The minimum absolute atomic E-state index is 0.181. The van der Waals surface area contributed by atoms with Gasteiger partial charge in [-0.3, -0.25) is 9.78 Å². The van der Waals surface area contributed by atoms with Gasteiger partial charge in [-0.15, -0.1) is 0 Å². The Morgan fingerprint density at radius 2 is 1.57 bits per heavy atom. The molecule has 0 saturated heterocycles. The van der Waals surface area contributed by atoms with Crippen molar-refractivity contribution in [3.8, 4) is 5.75 Å². The molecule has 1 aromatic heterocycles. The van der Waals surface area contributed by atoms with Crippen molar-refractivity contribution in [3.63, 3.8) is 0 Å². The van der Waals surface area contributed by atoms with Crippen LogP contribution in [0.25, 0.3) is 0 Å². The number of amides is 1. The Kier molecular flexibility index (Phi) is 6.16. The number of aromatic nitrogens is 1. The largest absolute Gasteiger partial charge is 0.489 e. The monoisotopic (exact) mass is 394 g/mol. The number of hydrogen-bond acceptors (Lipinski definition) is 3. The molecule has 0 radical (unpaired) electrons. The number of pyridine rings is 1. The zero-order valence-corrected chi connectivity index (χ0v) is 16.4. The molecule has 1 unspecified atom stereocenters. The van der Waals surface area contributed by atoms with Crippen LogP contribution in [0.2, 0.25) is 0 Å². The molecule has 4 aromatic rings. The van der Waals surface area contributed by atoms with Gasteiger partial charge in [0.15, 0.2) is 0 Å². The summed E-state index contributed by atoms with van der Waals surface area (Å²) in [6, 6.07) is 32.4. The molecule has 1 N–H and O–H groups in total. The molecule has 0 saturated carbocycles. The number of carbonyl (C=O) groups is 1. The molecule has 0 fully saturated rings. The molecule has 148 valence electrons. The van der Waals surface area contributed by atoms with E-state index in [1.807, 2.05) is 91.0 Å². The molecule has 4 heteroatoms. The van der Waals surface area contributed by atoms with Crippen molar-refractivity contribution in [3.05, 3.63) is 132 Å².